The highest BCUT2D eigenvalue weighted by Gasteiger charge is 2.38. The van der Waals surface area contributed by atoms with Crippen molar-refractivity contribution in [3.8, 4) is 11.4 Å². The van der Waals surface area contributed by atoms with Crippen molar-refractivity contribution in [1.82, 2.24) is 4.57 Å². The van der Waals surface area contributed by atoms with E-state index in [4.69, 9.17) is 0 Å². The summed E-state index contributed by atoms with van der Waals surface area (Å²) >= 11 is 1.91. The molecule has 1 aromatic heterocycles. The highest BCUT2D eigenvalue weighted by molar-refractivity contribution is 7.99. The third-order valence-electron chi connectivity index (χ3n) is 7.50. The zero-order chi connectivity index (χ0) is 22.4. The van der Waals surface area contributed by atoms with E-state index in [0.29, 0.717) is 0 Å². The number of aromatic nitrogens is 2. The number of fused-ring (bicyclic) bond motifs is 3. The predicted octanol–water partition coefficient (Wildman–Crippen LogP) is 7.14. The van der Waals surface area contributed by atoms with Crippen LogP contribution in [0.3, 0.4) is 0 Å². The van der Waals surface area contributed by atoms with Gasteiger partial charge in [0.1, 0.15) is 0 Å². The summed E-state index contributed by atoms with van der Waals surface area (Å²) in [6, 6.07) is 18.3. The van der Waals surface area contributed by atoms with E-state index in [1.807, 2.05) is 11.8 Å². The van der Waals surface area contributed by atoms with Crippen molar-refractivity contribution in [3.63, 3.8) is 0 Å². The normalized spacial score (nSPS) is 17.8. The van der Waals surface area contributed by atoms with Crippen LogP contribution in [-0.4, -0.2) is 4.57 Å². The van der Waals surface area contributed by atoms with Crippen LogP contribution in [0.15, 0.2) is 58.3 Å². The maximum atomic E-state index is 3.73. The molecule has 1 aliphatic carbocycles. The van der Waals surface area contributed by atoms with Crippen LogP contribution in [0.25, 0.3) is 22.4 Å². The Morgan fingerprint density at radius 3 is 2.19 bits per heavy atom. The Hall–Kier alpha value is -2.52. The van der Waals surface area contributed by atoms with Gasteiger partial charge in [0.25, 0.3) is 6.33 Å². The number of nitrogens with zero attached hydrogens (tertiary/aromatic N) is 2. The van der Waals surface area contributed by atoms with Gasteiger partial charge in [0.15, 0.2) is 0 Å². The van der Waals surface area contributed by atoms with Gasteiger partial charge in [0.2, 0.25) is 0 Å². The summed E-state index contributed by atoms with van der Waals surface area (Å²) in [6.45, 7) is 14.0. The van der Waals surface area contributed by atoms with Crippen molar-refractivity contribution >= 4 is 22.8 Å². The number of para-hydroxylation sites is 1. The molecule has 0 fully saturated rings. The second kappa shape index (κ2) is 6.51. The Kier molecular flexibility index (Phi) is 4.09. The summed E-state index contributed by atoms with van der Waals surface area (Å²) < 4.78 is 4.55. The van der Waals surface area contributed by atoms with E-state index < -0.39 is 0 Å². The van der Waals surface area contributed by atoms with Gasteiger partial charge < -0.3 is 0 Å². The molecule has 162 valence electrons. The van der Waals surface area contributed by atoms with Crippen molar-refractivity contribution in [2.75, 3.05) is 0 Å². The fourth-order valence-electron chi connectivity index (χ4n) is 5.61. The first kappa shape index (κ1) is 20.1. The van der Waals surface area contributed by atoms with Crippen LogP contribution in [0.4, 0.5) is 0 Å². The highest BCUT2D eigenvalue weighted by Crippen LogP contribution is 2.49. The number of hydrogen-bond acceptors (Lipinski definition) is 1. The van der Waals surface area contributed by atoms with Gasteiger partial charge in [-0.15, -0.1) is 0 Å². The average molecular weight is 439 g/mol. The van der Waals surface area contributed by atoms with E-state index in [2.05, 4.69) is 106 Å². The fourth-order valence-corrected chi connectivity index (χ4v) is 6.72. The maximum Gasteiger partial charge on any atom is 0.269 e. The largest absolute Gasteiger partial charge is 0.292 e. The zero-order valence-corrected chi connectivity index (χ0v) is 20.7. The van der Waals surface area contributed by atoms with Gasteiger partial charge in [0.05, 0.1) is 22.4 Å². The minimum absolute atomic E-state index is 0.192. The fraction of sp³-hybridized carbons (Fsp3) is 0.345. The van der Waals surface area contributed by atoms with Crippen molar-refractivity contribution in [2.45, 2.75) is 75.0 Å². The van der Waals surface area contributed by atoms with E-state index in [9.17, 15) is 0 Å². The first-order chi connectivity index (χ1) is 15.1. The van der Waals surface area contributed by atoms with Crippen LogP contribution < -0.4 is 4.57 Å². The Morgan fingerprint density at radius 1 is 0.844 bits per heavy atom. The summed E-state index contributed by atoms with van der Waals surface area (Å²) in [5.41, 5.74) is 10.9. The monoisotopic (exact) mass is 438 g/mol. The van der Waals surface area contributed by atoms with Gasteiger partial charge in [-0.05, 0) is 72.9 Å². The van der Waals surface area contributed by atoms with Crippen LogP contribution in [0.1, 0.15) is 62.8 Å². The Morgan fingerprint density at radius 2 is 1.50 bits per heavy atom. The number of hydrogen-bond donors (Lipinski definition) is 0. The predicted molar refractivity (Wildman–Crippen MR) is 133 cm³/mol. The van der Waals surface area contributed by atoms with Crippen molar-refractivity contribution in [1.29, 1.82) is 0 Å². The third kappa shape index (κ3) is 2.83. The van der Waals surface area contributed by atoms with Crippen LogP contribution >= 0.6 is 11.8 Å². The third-order valence-corrected chi connectivity index (χ3v) is 8.60. The summed E-state index contributed by atoms with van der Waals surface area (Å²) in [7, 11) is 0. The molecule has 0 unspecified atom stereocenters. The van der Waals surface area contributed by atoms with E-state index in [1.54, 1.807) is 0 Å². The molecule has 0 N–H and O–H groups in total. The van der Waals surface area contributed by atoms with Gasteiger partial charge in [-0.1, -0.05) is 74.8 Å². The first-order valence-corrected chi connectivity index (χ1v) is 12.4. The number of aryl methyl sites for hydroxylation is 2. The van der Waals surface area contributed by atoms with E-state index in [1.165, 1.54) is 67.3 Å². The lowest BCUT2D eigenvalue weighted by molar-refractivity contribution is -0.577. The Balaban J connectivity index is 1.65. The molecule has 0 saturated heterocycles. The summed E-state index contributed by atoms with van der Waals surface area (Å²) in [5, 5.41) is 0. The van der Waals surface area contributed by atoms with Crippen molar-refractivity contribution < 1.29 is 4.57 Å². The van der Waals surface area contributed by atoms with E-state index in [0.717, 1.165) is 0 Å². The Bertz CT molecular complexity index is 1400. The van der Waals surface area contributed by atoms with Crippen LogP contribution in [0.2, 0.25) is 0 Å². The summed E-state index contributed by atoms with van der Waals surface area (Å²) in [4.78, 5) is 2.65. The molecular weight excluding hydrogens is 408 g/mol. The molecule has 3 heteroatoms. The molecule has 4 aromatic rings. The highest BCUT2D eigenvalue weighted by atomic mass is 32.2. The molecule has 2 aliphatic rings. The molecule has 0 saturated carbocycles. The molecule has 1 aliphatic heterocycles. The summed E-state index contributed by atoms with van der Waals surface area (Å²) in [5.74, 6) is 0. The molecule has 0 amide bonds. The van der Waals surface area contributed by atoms with E-state index >= 15 is 0 Å². The molecule has 0 bridgehead atoms. The molecule has 3 aromatic carbocycles. The minimum atomic E-state index is 0.192. The number of imidazole rings is 1. The van der Waals surface area contributed by atoms with Gasteiger partial charge in [-0.3, -0.25) is 9.13 Å². The van der Waals surface area contributed by atoms with Crippen molar-refractivity contribution in [2.24, 2.45) is 0 Å². The molecule has 6 rings (SSSR count). The lowest BCUT2D eigenvalue weighted by Crippen LogP contribution is -2.37. The average Bonchev–Trinajstić information content (AvgIpc) is 3.12. The Labute approximate surface area is 195 Å². The maximum absolute atomic E-state index is 3.73. The van der Waals surface area contributed by atoms with Crippen molar-refractivity contribution in [3.05, 3.63) is 77.1 Å². The number of rotatable bonds is 1. The second-order valence-corrected chi connectivity index (χ2v) is 12.1. The lowest BCUT2D eigenvalue weighted by Gasteiger charge is -2.42. The van der Waals surface area contributed by atoms with E-state index in [-0.39, 0.29) is 10.8 Å². The topological polar surface area (TPSA) is 8.81 Å². The molecule has 0 atom stereocenters. The van der Waals surface area contributed by atoms with Crippen LogP contribution in [0, 0.1) is 20.2 Å². The molecule has 32 heavy (non-hydrogen) atoms. The van der Waals surface area contributed by atoms with Gasteiger partial charge >= 0.3 is 0 Å². The summed E-state index contributed by atoms with van der Waals surface area (Å²) in [6.07, 6.45) is 6.19. The standard InChI is InChI=1S/C29H30N2S/c1-18-12-19(2)14-20(13-18)30-17-31-24-15-21-22(29(5,6)11-10-28(21,3)4)16-26(24)32-25-9-7-8-23(30)27(25)31/h7-9,12-16H,10-11H2,1-6H3. The second-order valence-electron chi connectivity index (χ2n) is 11.0. The molecule has 0 radical (unpaired) electrons. The molecule has 2 heterocycles. The first-order valence-electron chi connectivity index (χ1n) is 11.6. The van der Waals surface area contributed by atoms with Gasteiger partial charge in [0, 0.05) is 9.79 Å². The zero-order valence-electron chi connectivity index (χ0n) is 19.8. The smallest absolute Gasteiger partial charge is 0.269 e. The SMILES string of the molecule is Cc1cc(C)cc(-n2[c-][n+]3c4c(cccc42)Sc2cc4c(cc2-3)C(C)(C)CCC4(C)C)c1. The van der Waals surface area contributed by atoms with Crippen LogP contribution in [0.5, 0.6) is 0 Å². The molecule has 2 nitrogen and oxygen atoms in total. The lowest BCUT2D eigenvalue weighted by atomic mass is 9.63. The molecular formula is C29H30N2S. The van der Waals surface area contributed by atoms with Gasteiger partial charge in [-0.2, -0.15) is 0 Å². The van der Waals surface area contributed by atoms with Crippen LogP contribution in [-0.2, 0) is 10.8 Å². The molecule has 0 spiro atoms. The minimum Gasteiger partial charge on any atom is -0.292 e. The van der Waals surface area contributed by atoms with Gasteiger partial charge in [-0.25, -0.2) is 0 Å². The number of benzene rings is 3. The quantitative estimate of drug-likeness (QED) is 0.200.